The summed E-state index contributed by atoms with van der Waals surface area (Å²) in [7, 11) is 1.59. The molecular weight excluding hydrogens is 476 g/mol. The molecule has 1 fully saturated rings. The van der Waals surface area contributed by atoms with E-state index in [4.69, 9.17) is 16.2 Å². The summed E-state index contributed by atoms with van der Waals surface area (Å²) in [5.41, 5.74) is 16.4. The first-order valence-electron chi connectivity index (χ1n) is 13.4. The Morgan fingerprint density at radius 3 is 2.45 bits per heavy atom. The van der Waals surface area contributed by atoms with Crippen LogP contribution in [-0.2, 0) is 6.42 Å². The van der Waals surface area contributed by atoms with Gasteiger partial charge in [0.05, 0.1) is 6.54 Å². The van der Waals surface area contributed by atoms with Crippen LogP contribution in [0, 0.1) is 11.8 Å². The lowest BCUT2D eigenvalue weighted by atomic mass is 10.1. The van der Waals surface area contributed by atoms with Crippen LogP contribution in [0.25, 0.3) is 0 Å². The zero-order chi connectivity index (χ0) is 27.5. The zero-order valence-corrected chi connectivity index (χ0v) is 23.0. The fraction of sp³-hybridized carbons (Fsp3) is 0.433. The second kappa shape index (κ2) is 14.2. The van der Waals surface area contributed by atoms with Gasteiger partial charge < -0.3 is 26.4 Å². The van der Waals surface area contributed by atoms with Crippen molar-refractivity contribution < 1.29 is 11.0 Å². The Kier molecular flexibility index (Phi) is 10.8. The van der Waals surface area contributed by atoms with E-state index in [9.17, 15) is 4.79 Å². The van der Waals surface area contributed by atoms with Crippen molar-refractivity contribution in [2.75, 3.05) is 25.5 Å². The number of carbonyl (C=O) groups excluding carboxylic acids is 1. The summed E-state index contributed by atoms with van der Waals surface area (Å²) in [5.74, 6) is 2.30. The van der Waals surface area contributed by atoms with Gasteiger partial charge in [-0.1, -0.05) is 38.1 Å². The third kappa shape index (κ3) is 9.92. The lowest BCUT2D eigenvalue weighted by molar-refractivity contribution is 0.168. The molecule has 0 aromatic heterocycles. The Bertz CT molecular complexity index is 1130. The standard InChI is InChI=1S/C30H42N6O2.H2/c1-21(2)7-6-18-33-26-14-12-24(13-15-26)29(32)35-34-28(31)20-36(4)30(37)38-27-16-10-23(11-17-27)8-5-9-25-19-22(25)3;/h10-17,21,25,33H,3,5-9,18-20H2,1-2,4H3,(H2,31,34)(H2,32,35);1H. The maximum atomic E-state index is 12.5. The number of hydrogen-bond donors (Lipinski definition) is 3. The molecule has 3 rings (SSSR count). The van der Waals surface area contributed by atoms with Gasteiger partial charge in [-0.15, -0.1) is 10.2 Å². The first-order chi connectivity index (χ1) is 18.2. The van der Waals surface area contributed by atoms with Crippen LogP contribution in [0.3, 0.4) is 0 Å². The average molecular weight is 521 g/mol. The molecule has 0 spiro atoms. The van der Waals surface area contributed by atoms with Crippen LogP contribution in [-0.4, -0.2) is 42.8 Å². The first-order valence-corrected chi connectivity index (χ1v) is 13.4. The van der Waals surface area contributed by atoms with E-state index in [1.54, 1.807) is 7.05 Å². The Labute approximate surface area is 228 Å². The number of rotatable bonds is 14. The Balaban J connectivity index is 0.00000533. The maximum Gasteiger partial charge on any atom is 0.415 e. The molecule has 0 bridgehead atoms. The molecule has 5 N–H and O–H groups in total. The van der Waals surface area contributed by atoms with E-state index in [0.29, 0.717) is 11.7 Å². The molecule has 1 saturated carbocycles. The third-order valence-electron chi connectivity index (χ3n) is 6.54. The number of ether oxygens (including phenoxy) is 1. The predicted molar refractivity (Wildman–Crippen MR) is 159 cm³/mol. The fourth-order valence-corrected chi connectivity index (χ4v) is 4.04. The largest absolute Gasteiger partial charge is 0.415 e. The topological polar surface area (TPSA) is 118 Å². The van der Waals surface area contributed by atoms with Crippen molar-refractivity contribution >= 4 is 23.5 Å². The minimum absolute atomic E-state index is 0. The molecule has 38 heavy (non-hydrogen) atoms. The minimum Gasteiger partial charge on any atom is -0.410 e. The van der Waals surface area contributed by atoms with E-state index in [1.165, 1.54) is 35.3 Å². The van der Waals surface area contributed by atoms with E-state index in [-0.39, 0.29) is 19.6 Å². The lowest BCUT2D eigenvalue weighted by Gasteiger charge is -2.16. The van der Waals surface area contributed by atoms with Crippen LogP contribution in [0.1, 0.15) is 58.5 Å². The number of allylic oxidation sites excluding steroid dienone is 1. The van der Waals surface area contributed by atoms with Crippen molar-refractivity contribution in [1.82, 2.24) is 4.90 Å². The number of anilines is 1. The fourth-order valence-electron chi connectivity index (χ4n) is 4.04. The summed E-state index contributed by atoms with van der Waals surface area (Å²) in [6.07, 6.45) is 6.32. The summed E-state index contributed by atoms with van der Waals surface area (Å²) in [4.78, 5) is 13.8. The SMILES string of the molecule is C=C1CC1CCCc1ccc(OC(=O)N(C)C/C(N)=N/N=C(\N)c2ccc(NCCCC(C)C)cc2)cc1.[HH]. The van der Waals surface area contributed by atoms with Crippen molar-refractivity contribution in [3.8, 4) is 5.75 Å². The summed E-state index contributed by atoms with van der Waals surface area (Å²) in [6.45, 7) is 9.45. The van der Waals surface area contributed by atoms with E-state index in [2.05, 4.69) is 35.9 Å². The molecule has 2 aromatic carbocycles. The number of nitrogens with one attached hydrogen (secondary N) is 1. The van der Waals surface area contributed by atoms with Crippen LogP contribution < -0.4 is 21.5 Å². The molecule has 0 radical (unpaired) electrons. The highest BCUT2D eigenvalue weighted by atomic mass is 16.6. The Morgan fingerprint density at radius 1 is 1.13 bits per heavy atom. The molecule has 1 aliphatic rings. The molecule has 8 nitrogen and oxygen atoms in total. The van der Waals surface area contributed by atoms with Crippen LogP contribution in [0.5, 0.6) is 5.75 Å². The van der Waals surface area contributed by atoms with Crippen molar-refractivity contribution in [1.29, 1.82) is 0 Å². The number of hydrogen-bond acceptors (Lipinski definition) is 5. The van der Waals surface area contributed by atoms with Gasteiger partial charge in [0.2, 0.25) is 0 Å². The number of amides is 1. The number of benzene rings is 2. The number of amidine groups is 2. The Morgan fingerprint density at radius 2 is 1.82 bits per heavy atom. The van der Waals surface area contributed by atoms with Crippen LogP contribution >= 0.6 is 0 Å². The van der Waals surface area contributed by atoms with E-state index < -0.39 is 6.09 Å². The molecule has 0 aliphatic heterocycles. The van der Waals surface area contributed by atoms with Gasteiger partial charge >= 0.3 is 6.09 Å². The van der Waals surface area contributed by atoms with Gasteiger partial charge in [0.15, 0.2) is 5.84 Å². The van der Waals surface area contributed by atoms with E-state index >= 15 is 0 Å². The highest BCUT2D eigenvalue weighted by Crippen LogP contribution is 2.39. The van der Waals surface area contributed by atoms with Gasteiger partial charge in [-0.2, -0.15) is 0 Å². The molecule has 206 valence electrons. The van der Waals surface area contributed by atoms with Crippen LogP contribution in [0.2, 0.25) is 0 Å². The van der Waals surface area contributed by atoms with Crippen molar-refractivity contribution in [3.05, 3.63) is 71.8 Å². The number of aryl methyl sites for hydroxylation is 1. The van der Waals surface area contributed by atoms with Gasteiger partial charge in [-0.05, 0) is 92.3 Å². The van der Waals surface area contributed by atoms with E-state index in [1.807, 2.05) is 48.5 Å². The molecule has 1 atom stereocenters. The molecule has 1 amide bonds. The number of nitrogens with two attached hydrogens (primary N) is 2. The zero-order valence-electron chi connectivity index (χ0n) is 23.0. The Hall–Kier alpha value is -3.81. The third-order valence-corrected chi connectivity index (χ3v) is 6.54. The molecule has 0 saturated heterocycles. The molecule has 8 heteroatoms. The number of nitrogens with zero attached hydrogens (tertiary/aromatic N) is 3. The summed E-state index contributed by atoms with van der Waals surface area (Å²) < 4.78 is 5.45. The number of carbonyl (C=O) groups is 1. The predicted octanol–water partition coefficient (Wildman–Crippen LogP) is 5.79. The van der Waals surface area contributed by atoms with Crippen molar-refractivity contribution in [2.24, 2.45) is 33.5 Å². The van der Waals surface area contributed by atoms with Crippen LogP contribution in [0.4, 0.5) is 10.5 Å². The quantitative estimate of drug-likeness (QED) is 0.0958. The van der Waals surface area contributed by atoms with Gasteiger partial charge in [0, 0.05) is 26.3 Å². The molecule has 1 unspecified atom stereocenters. The smallest absolute Gasteiger partial charge is 0.410 e. The highest BCUT2D eigenvalue weighted by Gasteiger charge is 2.25. The highest BCUT2D eigenvalue weighted by molar-refractivity contribution is 5.98. The normalized spacial score (nSPS) is 15.5. The molecule has 0 heterocycles. The summed E-state index contributed by atoms with van der Waals surface area (Å²) >= 11 is 0. The van der Waals surface area contributed by atoms with Crippen molar-refractivity contribution in [3.63, 3.8) is 0 Å². The monoisotopic (exact) mass is 520 g/mol. The van der Waals surface area contributed by atoms with Gasteiger partial charge in [-0.25, -0.2) is 4.79 Å². The summed E-state index contributed by atoms with van der Waals surface area (Å²) in [5, 5.41) is 11.4. The van der Waals surface area contributed by atoms with Crippen LogP contribution in [0.15, 0.2) is 70.9 Å². The lowest BCUT2D eigenvalue weighted by Crippen LogP contribution is -2.37. The van der Waals surface area contributed by atoms with Gasteiger partial charge in [-0.3, -0.25) is 0 Å². The average Bonchev–Trinajstić information content (AvgIpc) is 3.60. The summed E-state index contributed by atoms with van der Waals surface area (Å²) in [6, 6.07) is 15.3. The molecule has 2 aromatic rings. The second-order valence-electron chi connectivity index (χ2n) is 10.4. The second-order valence-corrected chi connectivity index (χ2v) is 10.4. The van der Waals surface area contributed by atoms with Gasteiger partial charge in [0.1, 0.15) is 11.6 Å². The number of likely N-dealkylation sites (N-methyl/N-ethyl adjacent to an activating group) is 1. The first kappa shape index (κ1) is 28.8. The van der Waals surface area contributed by atoms with Crippen molar-refractivity contribution in [2.45, 2.75) is 52.4 Å². The maximum absolute atomic E-state index is 12.5. The minimum atomic E-state index is -0.531. The van der Waals surface area contributed by atoms with Gasteiger partial charge in [0.25, 0.3) is 0 Å². The van der Waals surface area contributed by atoms with E-state index in [0.717, 1.165) is 43.0 Å². The molecule has 1 aliphatic carbocycles. The molecular formula is C30H44N6O2.